The molecule has 94 valence electrons. The molecule has 0 unspecified atom stereocenters. The van der Waals surface area contributed by atoms with Crippen LogP contribution < -0.4 is 4.90 Å². The van der Waals surface area contributed by atoms with Crippen LogP contribution in [0.25, 0.3) is 0 Å². The molecule has 0 saturated heterocycles. The number of nitrogens with zero attached hydrogens (tertiary/aromatic N) is 3. The zero-order valence-corrected chi connectivity index (χ0v) is 11.2. The van der Waals surface area contributed by atoms with Crippen LogP contribution in [-0.4, -0.2) is 30.5 Å². The number of carbonyl (C=O) groups excluding carboxylic acids is 1. The Labute approximate surface area is 114 Å². The van der Waals surface area contributed by atoms with Gasteiger partial charge in [-0.25, -0.2) is 20.2 Å². The average molecular weight is 283 g/mol. The van der Waals surface area contributed by atoms with Gasteiger partial charge in [0.05, 0.1) is 6.34 Å². The highest BCUT2D eigenvalue weighted by atomic mass is 35.5. The number of aliphatic imine (C=N–C) groups is 2. The highest BCUT2D eigenvalue weighted by Gasteiger charge is 2.08. The first-order valence-electron chi connectivity index (χ1n) is 4.90. The van der Waals surface area contributed by atoms with Crippen molar-refractivity contribution in [1.82, 2.24) is 0 Å². The van der Waals surface area contributed by atoms with E-state index < -0.39 is 0 Å². The molecule has 18 heavy (non-hydrogen) atoms. The maximum absolute atomic E-state index is 8.35. The van der Waals surface area contributed by atoms with Crippen molar-refractivity contribution in [3.8, 4) is 0 Å². The summed E-state index contributed by atoms with van der Waals surface area (Å²) in [6.45, 7) is 0.597. The van der Waals surface area contributed by atoms with Crippen molar-refractivity contribution in [2.45, 2.75) is 0 Å². The van der Waals surface area contributed by atoms with E-state index in [2.05, 4.69) is 9.98 Å². The van der Waals surface area contributed by atoms with Gasteiger partial charge in [-0.3, -0.25) is 0 Å². The van der Waals surface area contributed by atoms with Gasteiger partial charge < -0.3 is 4.90 Å². The third kappa shape index (κ3) is 4.33. The number of rotatable bonds is 1. The summed E-state index contributed by atoms with van der Waals surface area (Å²) in [6.07, 6.45) is 4.50. The monoisotopic (exact) mass is 282 g/mol. The summed E-state index contributed by atoms with van der Waals surface area (Å²) in [5.74, 6) is 0. The standard InChI is InChI=1S/C10H10ClN3S.CHNO/c1-15-10-12-6-14(7-13-10)9-4-2-3-8(11)5-9;2-1-3/h2-6H,7H2,1H3;2H. The molecule has 0 bridgehead atoms. The first kappa shape index (κ1) is 14.4. The van der Waals surface area contributed by atoms with Gasteiger partial charge in [-0.05, 0) is 24.5 Å². The lowest BCUT2D eigenvalue weighted by Crippen LogP contribution is -2.25. The van der Waals surface area contributed by atoms with Crippen LogP contribution in [0.3, 0.4) is 0 Å². The van der Waals surface area contributed by atoms with E-state index in [1.165, 1.54) is 0 Å². The van der Waals surface area contributed by atoms with Crippen LogP contribution in [0.15, 0.2) is 34.3 Å². The van der Waals surface area contributed by atoms with Gasteiger partial charge in [0.15, 0.2) is 5.17 Å². The van der Waals surface area contributed by atoms with Gasteiger partial charge >= 0.3 is 0 Å². The number of thioether (sulfide) groups is 1. The van der Waals surface area contributed by atoms with E-state index >= 15 is 0 Å². The van der Waals surface area contributed by atoms with Gasteiger partial charge in [-0.2, -0.15) is 0 Å². The van der Waals surface area contributed by atoms with Crippen molar-refractivity contribution in [2.75, 3.05) is 17.8 Å². The second-order valence-electron chi connectivity index (χ2n) is 3.08. The van der Waals surface area contributed by atoms with E-state index in [0.29, 0.717) is 6.67 Å². The third-order valence-electron chi connectivity index (χ3n) is 1.99. The van der Waals surface area contributed by atoms with E-state index in [1.54, 1.807) is 18.1 Å². The van der Waals surface area contributed by atoms with Crippen LogP contribution in [0.5, 0.6) is 0 Å². The summed E-state index contributed by atoms with van der Waals surface area (Å²) in [6, 6.07) is 7.65. The highest BCUT2D eigenvalue weighted by Crippen LogP contribution is 2.19. The van der Waals surface area contributed by atoms with E-state index in [9.17, 15) is 0 Å². The fourth-order valence-electron chi connectivity index (χ4n) is 1.25. The first-order valence-corrected chi connectivity index (χ1v) is 6.50. The molecule has 0 aromatic heterocycles. The van der Waals surface area contributed by atoms with Crippen molar-refractivity contribution in [1.29, 1.82) is 5.41 Å². The molecular formula is C11H11ClN4OS. The molecule has 0 saturated carbocycles. The van der Waals surface area contributed by atoms with Gasteiger partial charge in [0.1, 0.15) is 6.67 Å². The molecule has 2 rings (SSSR count). The van der Waals surface area contributed by atoms with E-state index in [-0.39, 0.29) is 0 Å². The van der Waals surface area contributed by atoms with E-state index in [0.717, 1.165) is 22.0 Å². The molecule has 0 amide bonds. The molecule has 0 aliphatic carbocycles. The number of benzene rings is 1. The fourth-order valence-corrected chi connectivity index (χ4v) is 1.78. The smallest absolute Gasteiger partial charge is 0.231 e. The molecule has 1 aliphatic rings. The van der Waals surface area contributed by atoms with Crippen molar-refractivity contribution in [3.05, 3.63) is 29.3 Å². The summed E-state index contributed by atoms with van der Waals surface area (Å²) in [4.78, 5) is 18.8. The molecule has 1 heterocycles. The van der Waals surface area contributed by atoms with Gasteiger partial charge in [0.25, 0.3) is 0 Å². The van der Waals surface area contributed by atoms with E-state index in [1.807, 2.05) is 35.4 Å². The van der Waals surface area contributed by atoms with Crippen molar-refractivity contribution < 1.29 is 4.79 Å². The number of hydrogen-bond acceptors (Lipinski definition) is 6. The minimum atomic E-state index is 0.597. The molecule has 7 heteroatoms. The maximum atomic E-state index is 8.35. The zero-order valence-electron chi connectivity index (χ0n) is 9.63. The van der Waals surface area contributed by atoms with Crippen LogP contribution in [0.1, 0.15) is 0 Å². The fraction of sp³-hybridized carbons (Fsp3) is 0.182. The Morgan fingerprint density at radius 3 is 2.78 bits per heavy atom. The first-order chi connectivity index (χ1) is 8.71. The van der Waals surface area contributed by atoms with Crippen LogP contribution in [0.2, 0.25) is 5.02 Å². The summed E-state index contributed by atoms with van der Waals surface area (Å²) in [7, 11) is 0. The molecule has 0 spiro atoms. The minimum Gasteiger partial charge on any atom is -0.312 e. The highest BCUT2D eigenvalue weighted by molar-refractivity contribution is 8.13. The van der Waals surface area contributed by atoms with Crippen LogP contribution >= 0.6 is 23.4 Å². The van der Waals surface area contributed by atoms with E-state index in [4.69, 9.17) is 21.8 Å². The van der Waals surface area contributed by atoms with Gasteiger partial charge in [0, 0.05) is 10.7 Å². The van der Waals surface area contributed by atoms with Crippen molar-refractivity contribution >= 4 is 46.6 Å². The molecule has 1 aliphatic heterocycles. The Balaban J connectivity index is 0.000000492. The topological polar surface area (TPSA) is 68.9 Å². The number of anilines is 1. The predicted octanol–water partition coefficient (Wildman–Crippen LogP) is 2.77. The molecule has 1 N–H and O–H groups in total. The lowest BCUT2D eigenvalue weighted by Gasteiger charge is -2.20. The second-order valence-corrected chi connectivity index (χ2v) is 4.29. The molecule has 0 fully saturated rings. The number of hydrogen-bond donors (Lipinski definition) is 1. The normalized spacial score (nSPS) is 13.2. The number of nitrogens with one attached hydrogen (secondary N) is 1. The minimum absolute atomic E-state index is 0.597. The quantitative estimate of drug-likeness (QED) is 0.636. The summed E-state index contributed by atoms with van der Waals surface area (Å²) in [5, 5.41) is 6.94. The Morgan fingerprint density at radius 2 is 2.28 bits per heavy atom. The van der Waals surface area contributed by atoms with Crippen LogP contribution in [0, 0.1) is 5.41 Å². The lowest BCUT2D eigenvalue weighted by atomic mass is 10.3. The SMILES string of the molecule is CSC1=NCN(c2cccc(Cl)c2)C=N1.N=C=O. The predicted molar refractivity (Wildman–Crippen MR) is 76.7 cm³/mol. The number of halogens is 1. The van der Waals surface area contributed by atoms with Crippen molar-refractivity contribution in [3.63, 3.8) is 0 Å². The summed E-state index contributed by atoms with van der Waals surface area (Å²) >= 11 is 7.45. The lowest BCUT2D eigenvalue weighted by molar-refractivity contribution is 0.563. The van der Waals surface area contributed by atoms with Crippen LogP contribution in [0.4, 0.5) is 5.69 Å². The largest absolute Gasteiger partial charge is 0.312 e. The van der Waals surface area contributed by atoms with Gasteiger partial charge in [0.2, 0.25) is 6.08 Å². The molecule has 1 aromatic rings. The molecule has 5 nitrogen and oxygen atoms in total. The summed E-state index contributed by atoms with van der Waals surface area (Å²) in [5.41, 5.74) is 1.01. The number of isocyanates is 1. The maximum Gasteiger partial charge on any atom is 0.231 e. The average Bonchev–Trinajstić information content (AvgIpc) is 2.40. The molecule has 1 aromatic carbocycles. The molecule has 0 atom stereocenters. The zero-order chi connectivity index (χ0) is 13.4. The molecule has 0 radical (unpaired) electrons. The summed E-state index contributed by atoms with van der Waals surface area (Å²) < 4.78 is 0. The Bertz CT molecular complexity index is 498. The van der Waals surface area contributed by atoms with Crippen molar-refractivity contribution in [2.24, 2.45) is 9.98 Å². The molecular weight excluding hydrogens is 272 g/mol. The van der Waals surface area contributed by atoms with Gasteiger partial charge in [-0.1, -0.05) is 29.4 Å². The Kier molecular flexibility index (Phi) is 6.14. The third-order valence-corrected chi connectivity index (χ3v) is 2.82. The van der Waals surface area contributed by atoms with Gasteiger partial charge in [-0.15, -0.1) is 0 Å². The Morgan fingerprint density at radius 1 is 1.56 bits per heavy atom. The number of amidine groups is 1. The Hall–Kier alpha value is -1.62. The van der Waals surface area contributed by atoms with Crippen LogP contribution in [-0.2, 0) is 4.79 Å². The second kappa shape index (κ2) is 7.66.